The summed E-state index contributed by atoms with van der Waals surface area (Å²) in [5, 5.41) is 4.47. The van der Waals surface area contributed by atoms with Crippen LogP contribution in [0.2, 0.25) is 0 Å². The second-order valence-corrected chi connectivity index (χ2v) is 6.52. The second kappa shape index (κ2) is 5.59. The highest BCUT2D eigenvalue weighted by molar-refractivity contribution is 7.13. The number of piperazine rings is 1. The van der Waals surface area contributed by atoms with Gasteiger partial charge in [0.2, 0.25) is 0 Å². The number of hydrogen-bond acceptors (Lipinski definition) is 4. The third-order valence-corrected chi connectivity index (χ3v) is 5.42. The molecule has 1 aromatic rings. The van der Waals surface area contributed by atoms with Crippen LogP contribution in [-0.4, -0.2) is 42.0 Å². The number of nitrogens with zero attached hydrogens (tertiary/aromatic N) is 2. The third-order valence-electron chi connectivity index (χ3n) is 4.12. The molecule has 1 aliphatic heterocycles. The molecule has 0 atom stereocenters. The molecular weight excluding hydrogens is 258 g/mol. The molecule has 1 saturated heterocycles. The van der Waals surface area contributed by atoms with Crippen molar-refractivity contribution in [3.05, 3.63) is 15.6 Å². The minimum absolute atomic E-state index is 0.181. The van der Waals surface area contributed by atoms with Crippen LogP contribution in [0.1, 0.15) is 52.0 Å². The van der Waals surface area contributed by atoms with Gasteiger partial charge in [0.1, 0.15) is 4.88 Å². The average molecular weight is 279 g/mol. The molecule has 1 aliphatic carbocycles. The zero-order chi connectivity index (χ0) is 13.2. The van der Waals surface area contributed by atoms with Crippen molar-refractivity contribution in [3.63, 3.8) is 0 Å². The maximum atomic E-state index is 12.5. The van der Waals surface area contributed by atoms with Crippen molar-refractivity contribution in [2.75, 3.05) is 26.2 Å². The molecule has 1 N–H and O–H groups in total. The lowest BCUT2D eigenvalue weighted by atomic mass is 10.1. The highest BCUT2D eigenvalue weighted by atomic mass is 32.1. The van der Waals surface area contributed by atoms with Gasteiger partial charge < -0.3 is 10.2 Å². The van der Waals surface area contributed by atoms with Crippen LogP contribution in [0.5, 0.6) is 0 Å². The maximum absolute atomic E-state index is 12.5. The van der Waals surface area contributed by atoms with Crippen molar-refractivity contribution in [1.29, 1.82) is 0 Å². The van der Waals surface area contributed by atoms with Gasteiger partial charge in [0.05, 0.1) is 10.7 Å². The Morgan fingerprint density at radius 2 is 2.00 bits per heavy atom. The minimum Gasteiger partial charge on any atom is -0.335 e. The SMILES string of the molecule is Cc1nc(C2CCCC2)sc1C(=O)N1CCNCC1. The lowest BCUT2D eigenvalue weighted by Crippen LogP contribution is -2.46. The van der Waals surface area contributed by atoms with Crippen LogP contribution in [0.15, 0.2) is 0 Å². The fourth-order valence-corrected chi connectivity index (χ4v) is 4.18. The molecule has 1 saturated carbocycles. The molecule has 2 aliphatic rings. The molecule has 0 unspecified atom stereocenters. The molecule has 19 heavy (non-hydrogen) atoms. The number of thiazole rings is 1. The summed E-state index contributed by atoms with van der Waals surface area (Å²) in [5.74, 6) is 0.786. The molecule has 0 spiro atoms. The predicted molar refractivity (Wildman–Crippen MR) is 76.8 cm³/mol. The summed E-state index contributed by atoms with van der Waals surface area (Å²) >= 11 is 1.64. The molecule has 1 aromatic heterocycles. The Labute approximate surface area is 118 Å². The number of amides is 1. The van der Waals surface area contributed by atoms with Crippen molar-refractivity contribution in [2.24, 2.45) is 0 Å². The maximum Gasteiger partial charge on any atom is 0.265 e. The first-order valence-corrected chi connectivity index (χ1v) is 8.04. The summed E-state index contributed by atoms with van der Waals surface area (Å²) in [4.78, 5) is 20.0. The van der Waals surface area contributed by atoms with E-state index in [2.05, 4.69) is 10.3 Å². The predicted octanol–water partition coefficient (Wildman–Crippen LogP) is 2.15. The molecular formula is C14H21N3OS. The first kappa shape index (κ1) is 13.1. The summed E-state index contributed by atoms with van der Waals surface area (Å²) in [6, 6.07) is 0. The van der Waals surface area contributed by atoms with Gasteiger partial charge in [-0.1, -0.05) is 12.8 Å². The molecule has 0 radical (unpaired) electrons. The fourth-order valence-electron chi connectivity index (χ4n) is 2.97. The summed E-state index contributed by atoms with van der Waals surface area (Å²) in [6.07, 6.45) is 5.11. The van der Waals surface area contributed by atoms with Gasteiger partial charge in [-0.05, 0) is 19.8 Å². The van der Waals surface area contributed by atoms with E-state index in [4.69, 9.17) is 0 Å². The second-order valence-electron chi connectivity index (χ2n) is 5.49. The van der Waals surface area contributed by atoms with E-state index in [1.165, 1.54) is 30.7 Å². The van der Waals surface area contributed by atoms with E-state index in [1.807, 2.05) is 11.8 Å². The highest BCUT2D eigenvalue weighted by Gasteiger charge is 2.26. The lowest BCUT2D eigenvalue weighted by Gasteiger charge is -2.27. The first-order valence-electron chi connectivity index (χ1n) is 7.23. The Morgan fingerprint density at radius 3 is 2.68 bits per heavy atom. The normalized spacial score (nSPS) is 21.0. The van der Waals surface area contributed by atoms with Crippen molar-refractivity contribution in [3.8, 4) is 0 Å². The number of hydrogen-bond donors (Lipinski definition) is 1. The van der Waals surface area contributed by atoms with Crippen LogP contribution in [-0.2, 0) is 0 Å². The molecule has 0 aromatic carbocycles. The molecule has 2 heterocycles. The topological polar surface area (TPSA) is 45.2 Å². The van der Waals surface area contributed by atoms with E-state index in [-0.39, 0.29) is 5.91 Å². The van der Waals surface area contributed by atoms with Gasteiger partial charge in [-0.2, -0.15) is 0 Å². The number of rotatable bonds is 2. The van der Waals surface area contributed by atoms with Gasteiger partial charge in [0.15, 0.2) is 0 Å². The van der Waals surface area contributed by atoms with E-state index in [9.17, 15) is 4.79 Å². The monoisotopic (exact) mass is 279 g/mol. The standard InChI is InChI=1S/C14H21N3OS/c1-10-12(14(18)17-8-6-15-7-9-17)19-13(16-10)11-4-2-3-5-11/h11,15H,2-9H2,1H3. The quantitative estimate of drug-likeness (QED) is 0.902. The smallest absolute Gasteiger partial charge is 0.265 e. The van der Waals surface area contributed by atoms with Gasteiger partial charge in [-0.3, -0.25) is 4.79 Å². The molecule has 4 nitrogen and oxygen atoms in total. The van der Waals surface area contributed by atoms with Gasteiger partial charge in [-0.15, -0.1) is 11.3 Å². The van der Waals surface area contributed by atoms with E-state index in [0.717, 1.165) is 36.8 Å². The van der Waals surface area contributed by atoms with E-state index in [1.54, 1.807) is 11.3 Å². The van der Waals surface area contributed by atoms with Crippen molar-refractivity contribution >= 4 is 17.2 Å². The molecule has 3 rings (SSSR count). The number of nitrogens with one attached hydrogen (secondary N) is 1. The Hall–Kier alpha value is -0.940. The molecule has 104 valence electrons. The number of carbonyl (C=O) groups is 1. The number of carbonyl (C=O) groups excluding carboxylic acids is 1. The summed E-state index contributed by atoms with van der Waals surface area (Å²) < 4.78 is 0. The van der Waals surface area contributed by atoms with Crippen LogP contribution >= 0.6 is 11.3 Å². The summed E-state index contributed by atoms with van der Waals surface area (Å²) in [7, 11) is 0. The fraction of sp³-hybridized carbons (Fsp3) is 0.714. The first-order chi connectivity index (χ1) is 9.25. The Bertz CT molecular complexity index is 459. The largest absolute Gasteiger partial charge is 0.335 e. The lowest BCUT2D eigenvalue weighted by molar-refractivity contribution is 0.0740. The Kier molecular flexibility index (Phi) is 3.84. The Balaban J connectivity index is 1.77. The molecule has 5 heteroatoms. The number of aromatic nitrogens is 1. The zero-order valence-corrected chi connectivity index (χ0v) is 12.3. The van der Waals surface area contributed by atoms with Gasteiger partial charge in [0, 0.05) is 32.1 Å². The highest BCUT2D eigenvalue weighted by Crippen LogP contribution is 2.37. The van der Waals surface area contributed by atoms with Crippen LogP contribution < -0.4 is 5.32 Å². The zero-order valence-electron chi connectivity index (χ0n) is 11.4. The molecule has 1 amide bonds. The van der Waals surface area contributed by atoms with Gasteiger partial charge in [-0.25, -0.2) is 4.98 Å². The van der Waals surface area contributed by atoms with Crippen LogP contribution in [0.3, 0.4) is 0 Å². The molecule has 2 fully saturated rings. The van der Waals surface area contributed by atoms with E-state index in [0.29, 0.717) is 5.92 Å². The third kappa shape index (κ3) is 2.67. The molecule has 0 bridgehead atoms. The summed E-state index contributed by atoms with van der Waals surface area (Å²) in [5.41, 5.74) is 0.926. The Morgan fingerprint density at radius 1 is 1.32 bits per heavy atom. The van der Waals surface area contributed by atoms with Crippen LogP contribution in [0.25, 0.3) is 0 Å². The van der Waals surface area contributed by atoms with Gasteiger partial charge >= 0.3 is 0 Å². The van der Waals surface area contributed by atoms with Crippen LogP contribution in [0, 0.1) is 6.92 Å². The van der Waals surface area contributed by atoms with Crippen molar-refractivity contribution in [1.82, 2.24) is 15.2 Å². The average Bonchev–Trinajstić information content (AvgIpc) is 3.08. The number of aryl methyl sites for hydroxylation is 1. The van der Waals surface area contributed by atoms with E-state index < -0.39 is 0 Å². The summed E-state index contributed by atoms with van der Waals surface area (Å²) in [6.45, 7) is 5.41. The van der Waals surface area contributed by atoms with Crippen LogP contribution in [0.4, 0.5) is 0 Å². The van der Waals surface area contributed by atoms with Gasteiger partial charge in [0.25, 0.3) is 5.91 Å². The van der Waals surface area contributed by atoms with E-state index >= 15 is 0 Å². The van der Waals surface area contributed by atoms with Crippen molar-refractivity contribution in [2.45, 2.75) is 38.5 Å². The van der Waals surface area contributed by atoms with Crippen molar-refractivity contribution < 1.29 is 4.79 Å². The minimum atomic E-state index is 0.181.